The lowest BCUT2D eigenvalue weighted by Crippen LogP contribution is -2.03. The van der Waals surface area contributed by atoms with Gasteiger partial charge in [0.1, 0.15) is 5.82 Å². The zero-order valence-corrected chi connectivity index (χ0v) is 10.1. The van der Waals surface area contributed by atoms with Crippen molar-refractivity contribution in [3.05, 3.63) is 34.6 Å². The van der Waals surface area contributed by atoms with Crippen LogP contribution in [0.25, 0.3) is 0 Å². The van der Waals surface area contributed by atoms with Gasteiger partial charge in [-0.25, -0.2) is 12.8 Å². The van der Waals surface area contributed by atoms with E-state index in [0.29, 0.717) is 11.1 Å². The van der Waals surface area contributed by atoms with Gasteiger partial charge in [0.05, 0.1) is 5.75 Å². The molecule has 0 atom stereocenters. The second kappa shape index (κ2) is 4.49. The number of halogens is 2. The second-order valence-electron chi connectivity index (χ2n) is 3.52. The molecular formula is C10H12ClFO2S. The third-order valence-corrected chi connectivity index (χ3v) is 3.39. The Kier molecular flexibility index (Phi) is 3.73. The molecule has 0 unspecified atom stereocenters. The summed E-state index contributed by atoms with van der Waals surface area (Å²) in [7, 11) is 1.57. The molecule has 0 heterocycles. The van der Waals surface area contributed by atoms with Gasteiger partial charge in [0.15, 0.2) is 0 Å². The minimum atomic E-state index is -3.51. The highest BCUT2D eigenvalue weighted by Crippen LogP contribution is 2.16. The first-order chi connectivity index (χ1) is 6.79. The molecule has 84 valence electrons. The van der Waals surface area contributed by atoms with Gasteiger partial charge in [-0.3, -0.25) is 0 Å². The molecule has 0 saturated heterocycles. The van der Waals surface area contributed by atoms with Gasteiger partial charge < -0.3 is 0 Å². The van der Waals surface area contributed by atoms with Crippen LogP contribution in [0.3, 0.4) is 0 Å². The van der Waals surface area contributed by atoms with Gasteiger partial charge in [0, 0.05) is 10.7 Å². The molecule has 5 heteroatoms. The molecule has 1 aromatic rings. The zero-order chi connectivity index (χ0) is 11.6. The number of hydrogen-bond donors (Lipinski definition) is 0. The summed E-state index contributed by atoms with van der Waals surface area (Å²) < 4.78 is 34.7. The van der Waals surface area contributed by atoms with Crippen molar-refractivity contribution in [2.45, 2.75) is 20.3 Å². The van der Waals surface area contributed by atoms with Gasteiger partial charge in [-0.05, 0) is 43.0 Å². The van der Waals surface area contributed by atoms with E-state index >= 15 is 0 Å². The predicted octanol–water partition coefficient (Wildman–Crippen LogP) is 2.55. The molecule has 0 aromatic heterocycles. The van der Waals surface area contributed by atoms with Gasteiger partial charge in [-0.15, -0.1) is 0 Å². The van der Waals surface area contributed by atoms with E-state index in [9.17, 15) is 12.8 Å². The molecule has 0 N–H and O–H groups in total. The highest BCUT2D eigenvalue weighted by molar-refractivity contribution is 8.13. The molecule has 0 radical (unpaired) electrons. The average molecular weight is 251 g/mol. The maximum atomic E-state index is 13.2. The van der Waals surface area contributed by atoms with Crippen LogP contribution in [0.2, 0.25) is 0 Å². The highest BCUT2D eigenvalue weighted by Gasteiger charge is 2.09. The van der Waals surface area contributed by atoms with Crippen LogP contribution in [0.5, 0.6) is 0 Å². The summed E-state index contributed by atoms with van der Waals surface area (Å²) >= 11 is 0. The Labute approximate surface area is 93.5 Å². The van der Waals surface area contributed by atoms with Crippen molar-refractivity contribution in [2.24, 2.45) is 0 Å². The van der Waals surface area contributed by atoms with Crippen LogP contribution >= 0.6 is 10.7 Å². The maximum absolute atomic E-state index is 13.2. The van der Waals surface area contributed by atoms with Crippen LogP contribution in [0.4, 0.5) is 4.39 Å². The predicted molar refractivity (Wildman–Crippen MR) is 59.2 cm³/mol. The van der Waals surface area contributed by atoms with Gasteiger partial charge in [-0.2, -0.15) is 0 Å². The summed E-state index contributed by atoms with van der Waals surface area (Å²) in [5, 5.41) is 0. The van der Waals surface area contributed by atoms with Crippen LogP contribution in [0.1, 0.15) is 16.7 Å². The summed E-state index contributed by atoms with van der Waals surface area (Å²) in [5.41, 5.74) is 2.13. The largest absolute Gasteiger partial charge is 0.232 e. The molecule has 0 saturated carbocycles. The van der Waals surface area contributed by atoms with Gasteiger partial charge in [0.25, 0.3) is 0 Å². The van der Waals surface area contributed by atoms with E-state index < -0.39 is 9.05 Å². The lowest BCUT2D eigenvalue weighted by molar-refractivity contribution is 0.606. The van der Waals surface area contributed by atoms with Crippen molar-refractivity contribution < 1.29 is 12.8 Å². The normalized spacial score (nSPS) is 11.7. The fourth-order valence-corrected chi connectivity index (χ4v) is 2.06. The molecule has 0 bridgehead atoms. The quantitative estimate of drug-likeness (QED) is 0.773. The van der Waals surface area contributed by atoms with E-state index in [-0.39, 0.29) is 18.0 Å². The third-order valence-electron chi connectivity index (χ3n) is 2.23. The van der Waals surface area contributed by atoms with Crippen molar-refractivity contribution >= 4 is 19.7 Å². The fourth-order valence-electron chi connectivity index (χ4n) is 1.37. The molecule has 0 aliphatic carbocycles. The molecule has 15 heavy (non-hydrogen) atoms. The van der Waals surface area contributed by atoms with Crippen molar-refractivity contribution in [3.8, 4) is 0 Å². The van der Waals surface area contributed by atoms with Crippen molar-refractivity contribution in [1.82, 2.24) is 0 Å². The molecule has 0 fully saturated rings. The van der Waals surface area contributed by atoms with E-state index in [1.165, 1.54) is 6.07 Å². The highest BCUT2D eigenvalue weighted by atomic mass is 35.7. The molecular weight excluding hydrogens is 239 g/mol. The summed E-state index contributed by atoms with van der Waals surface area (Å²) in [5.74, 6) is -0.486. The van der Waals surface area contributed by atoms with E-state index in [1.807, 2.05) is 6.92 Å². The first-order valence-corrected chi connectivity index (χ1v) is 6.95. The number of rotatable bonds is 3. The van der Waals surface area contributed by atoms with Gasteiger partial charge in [-0.1, -0.05) is 6.07 Å². The van der Waals surface area contributed by atoms with Crippen LogP contribution in [-0.4, -0.2) is 14.2 Å². The maximum Gasteiger partial charge on any atom is 0.232 e. The van der Waals surface area contributed by atoms with Crippen LogP contribution in [0, 0.1) is 19.7 Å². The summed E-state index contributed by atoms with van der Waals surface area (Å²) in [4.78, 5) is 0. The Morgan fingerprint density at radius 1 is 1.27 bits per heavy atom. The monoisotopic (exact) mass is 250 g/mol. The fraction of sp³-hybridized carbons (Fsp3) is 0.400. The first kappa shape index (κ1) is 12.5. The summed E-state index contributed by atoms with van der Waals surface area (Å²) in [6.07, 6.45) is 0.245. The summed E-state index contributed by atoms with van der Waals surface area (Å²) in [6, 6.07) is 3.07. The van der Waals surface area contributed by atoms with E-state index in [4.69, 9.17) is 10.7 Å². The van der Waals surface area contributed by atoms with Crippen LogP contribution in [-0.2, 0) is 15.5 Å². The Balaban J connectivity index is 2.91. The van der Waals surface area contributed by atoms with E-state index in [2.05, 4.69) is 0 Å². The van der Waals surface area contributed by atoms with Gasteiger partial charge >= 0.3 is 0 Å². The molecule has 0 aliphatic heterocycles. The van der Waals surface area contributed by atoms with Gasteiger partial charge in [0.2, 0.25) is 9.05 Å². The van der Waals surface area contributed by atoms with Crippen molar-refractivity contribution in [3.63, 3.8) is 0 Å². The first-order valence-electron chi connectivity index (χ1n) is 4.47. The molecule has 2 nitrogen and oxygen atoms in total. The summed E-state index contributed by atoms with van der Waals surface area (Å²) in [6.45, 7) is 3.49. The van der Waals surface area contributed by atoms with E-state index in [0.717, 1.165) is 5.56 Å². The van der Waals surface area contributed by atoms with Crippen LogP contribution < -0.4 is 0 Å². The molecule has 1 rings (SSSR count). The van der Waals surface area contributed by atoms with Crippen LogP contribution in [0.15, 0.2) is 12.1 Å². The minimum Gasteiger partial charge on any atom is -0.212 e. The zero-order valence-electron chi connectivity index (χ0n) is 8.55. The average Bonchev–Trinajstić information content (AvgIpc) is 2.07. The molecule has 0 aliphatic rings. The van der Waals surface area contributed by atoms with Crippen molar-refractivity contribution in [2.75, 3.05) is 5.75 Å². The SMILES string of the molecule is Cc1cc(C)c(CCS(=O)(=O)Cl)cc1F. The Hall–Kier alpha value is -0.610. The third kappa shape index (κ3) is 3.80. The van der Waals surface area contributed by atoms with E-state index in [1.54, 1.807) is 13.0 Å². The molecule has 1 aromatic carbocycles. The Morgan fingerprint density at radius 3 is 2.40 bits per heavy atom. The Morgan fingerprint density at radius 2 is 1.87 bits per heavy atom. The smallest absolute Gasteiger partial charge is 0.212 e. The molecule has 0 amide bonds. The minimum absolute atomic E-state index is 0.169. The molecule has 0 spiro atoms. The second-order valence-corrected chi connectivity index (χ2v) is 6.42. The van der Waals surface area contributed by atoms with Crippen molar-refractivity contribution in [1.29, 1.82) is 0 Å². The lowest BCUT2D eigenvalue weighted by Gasteiger charge is -2.06. The number of benzene rings is 1. The topological polar surface area (TPSA) is 34.1 Å². The number of aryl methyl sites for hydroxylation is 3. The Bertz CT molecular complexity index is 469. The number of hydrogen-bond acceptors (Lipinski definition) is 2. The standard InChI is InChI=1S/C10H12ClFO2S/c1-7-5-8(2)10(12)6-9(7)3-4-15(11,13)14/h5-6H,3-4H2,1-2H3. The lowest BCUT2D eigenvalue weighted by atomic mass is 10.0.